The van der Waals surface area contributed by atoms with Crippen LogP contribution in [0, 0.1) is 0 Å². The average Bonchev–Trinajstić information content (AvgIpc) is 3.46. The third-order valence-corrected chi connectivity index (χ3v) is 15.8. The molecular formula is C74H134O6. The lowest BCUT2D eigenvalue weighted by Gasteiger charge is -2.18. The summed E-state index contributed by atoms with van der Waals surface area (Å²) in [4.78, 5) is 38.3. The molecule has 0 amide bonds. The molecule has 0 saturated carbocycles. The van der Waals surface area contributed by atoms with E-state index in [2.05, 4.69) is 81.5 Å². The van der Waals surface area contributed by atoms with Gasteiger partial charge < -0.3 is 14.2 Å². The summed E-state index contributed by atoms with van der Waals surface area (Å²) < 4.78 is 16.9. The molecule has 0 saturated heterocycles. The smallest absolute Gasteiger partial charge is 0.306 e. The molecule has 0 aliphatic heterocycles. The van der Waals surface area contributed by atoms with Crippen LogP contribution in [0.5, 0.6) is 0 Å². The predicted octanol–water partition coefficient (Wildman–Crippen LogP) is 24.3. The van der Waals surface area contributed by atoms with Crippen molar-refractivity contribution in [2.75, 3.05) is 13.2 Å². The van der Waals surface area contributed by atoms with Crippen molar-refractivity contribution in [3.63, 3.8) is 0 Å². The Kier molecular flexibility index (Phi) is 66.1. The standard InChI is InChI=1S/C74H134O6/c1-4-7-10-13-16-19-22-24-26-28-29-30-31-32-33-34-35-36-37-38-39-40-41-42-43-44-45-47-48-50-52-55-58-61-64-67-73(76)79-70-71(69-78-72(75)66-63-60-57-54-21-18-15-12-9-6-3)80-74(77)68-65-62-59-56-53-51-49-46-27-25-23-20-17-14-11-8-5-2/h7,10,16,19,24,26,29-30,32-33,71H,4-6,8-9,11-15,17-18,20-23,25,27-28,31,34-70H2,1-3H3/b10-7-,19-16-,26-24-,30-29-,33-32-. The van der Waals surface area contributed by atoms with E-state index in [1.807, 2.05) is 0 Å². The Morgan fingerprint density at radius 1 is 0.263 bits per heavy atom. The van der Waals surface area contributed by atoms with Crippen molar-refractivity contribution in [1.82, 2.24) is 0 Å². The number of unbranched alkanes of at least 4 members (excludes halogenated alkanes) is 44. The molecule has 1 unspecified atom stereocenters. The highest BCUT2D eigenvalue weighted by molar-refractivity contribution is 5.71. The SMILES string of the molecule is CC/C=C\C/C=C\C/C=C\C/C=C\C/C=C\CCCCCCCCCCCCCCCCCCCCCC(=O)OCC(COC(=O)CCCCCCCCCCCC)OC(=O)CCCCCCCCCCCCCCCCCCC. The van der Waals surface area contributed by atoms with Gasteiger partial charge in [-0.1, -0.05) is 351 Å². The number of ether oxygens (including phenoxy) is 3. The van der Waals surface area contributed by atoms with E-state index in [-0.39, 0.29) is 31.1 Å². The van der Waals surface area contributed by atoms with Crippen molar-refractivity contribution in [1.29, 1.82) is 0 Å². The topological polar surface area (TPSA) is 78.9 Å². The molecule has 0 spiro atoms. The highest BCUT2D eigenvalue weighted by Crippen LogP contribution is 2.18. The summed E-state index contributed by atoms with van der Waals surface area (Å²) in [5.74, 6) is -0.840. The lowest BCUT2D eigenvalue weighted by molar-refractivity contribution is -0.167. The van der Waals surface area contributed by atoms with Crippen LogP contribution in [0.4, 0.5) is 0 Å². The van der Waals surface area contributed by atoms with Crippen LogP contribution in [0.1, 0.15) is 374 Å². The number of carbonyl (C=O) groups is 3. The van der Waals surface area contributed by atoms with Gasteiger partial charge in [0, 0.05) is 19.3 Å². The summed E-state index contributed by atoms with van der Waals surface area (Å²) in [6, 6.07) is 0. The molecule has 0 rings (SSSR count). The van der Waals surface area contributed by atoms with Crippen LogP contribution in [-0.4, -0.2) is 37.2 Å². The Morgan fingerprint density at radius 3 is 0.762 bits per heavy atom. The number of hydrogen-bond donors (Lipinski definition) is 0. The van der Waals surface area contributed by atoms with E-state index in [1.165, 1.54) is 244 Å². The summed E-state index contributed by atoms with van der Waals surface area (Å²) in [6.07, 6.45) is 88.4. The maximum atomic E-state index is 12.9. The van der Waals surface area contributed by atoms with Crippen LogP contribution in [0.3, 0.4) is 0 Å². The highest BCUT2D eigenvalue weighted by atomic mass is 16.6. The van der Waals surface area contributed by atoms with Gasteiger partial charge in [0.1, 0.15) is 13.2 Å². The molecule has 0 aromatic carbocycles. The summed E-state index contributed by atoms with van der Waals surface area (Å²) in [5, 5.41) is 0. The van der Waals surface area contributed by atoms with Gasteiger partial charge in [0.2, 0.25) is 0 Å². The molecule has 80 heavy (non-hydrogen) atoms. The van der Waals surface area contributed by atoms with Gasteiger partial charge in [-0.05, 0) is 64.2 Å². The first kappa shape index (κ1) is 77.1. The predicted molar refractivity (Wildman–Crippen MR) is 348 cm³/mol. The largest absolute Gasteiger partial charge is 0.462 e. The molecule has 466 valence electrons. The van der Waals surface area contributed by atoms with Crippen LogP contribution in [-0.2, 0) is 28.6 Å². The van der Waals surface area contributed by atoms with E-state index in [0.29, 0.717) is 19.3 Å². The lowest BCUT2D eigenvalue weighted by atomic mass is 10.0. The maximum absolute atomic E-state index is 12.9. The van der Waals surface area contributed by atoms with Crippen molar-refractivity contribution in [3.8, 4) is 0 Å². The van der Waals surface area contributed by atoms with Gasteiger partial charge in [0.15, 0.2) is 6.10 Å². The van der Waals surface area contributed by atoms with E-state index >= 15 is 0 Å². The first-order valence-corrected chi connectivity index (χ1v) is 35.3. The van der Waals surface area contributed by atoms with E-state index in [4.69, 9.17) is 14.2 Å². The van der Waals surface area contributed by atoms with Gasteiger partial charge >= 0.3 is 17.9 Å². The Morgan fingerprint density at radius 2 is 0.487 bits per heavy atom. The molecule has 6 nitrogen and oxygen atoms in total. The second-order valence-electron chi connectivity index (χ2n) is 23.8. The van der Waals surface area contributed by atoms with Crippen LogP contribution >= 0.6 is 0 Å². The molecule has 0 N–H and O–H groups in total. The van der Waals surface area contributed by atoms with E-state index in [1.54, 1.807) is 0 Å². The van der Waals surface area contributed by atoms with Crippen molar-refractivity contribution >= 4 is 17.9 Å². The normalized spacial score (nSPS) is 12.4. The molecule has 0 aromatic heterocycles. The molecule has 0 heterocycles. The van der Waals surface area contributed by atoms with Gasteiger partial charge in [-0.15, -0.1) is 0 Å². The third-order valence-electron chi connectivity index (χ3n) is 15.8. The van der Waals surface area contributed by atoms with Crippen molar-refractivity contribution in [2.24, 2.45) is 0 Å². The number of allylic oxidation sites excluding steroid dienone is 10. The Labute approximate surface area is 498 Å². The monoisotopic (exact) mass is 1120 g/mol. The second kappa shape index (κ2) is 68.6. The highest BCUT2D eigenvalue weighted by Gasteiger charge is 2.19. The van der Waals surface area contributed by atoms with Crippen LogP contribution in [0.15, 0.2) is 60.8 Å². The first-order chi connectivity index (χ1) is 39.5. The number of carbonyl (C=O) groups excluding carboxylic acids is 3. The fourth-order valence-electron chi connectivity index (χ4n) is 10.5. The molecule has 0 radical (unpaired) electrons. The fourth-order valence-corrected chi connectivity index (χ4v) is 10.5. The molecule has 0 aromatic rings. The number of hydrogen-bond acceptors (Lipinski definition) is 6. The van der Waals surface area contributed by atoms with Gasteiger partial charge in [-0.2, -0.15) is 0 Å². The molecule has 0 aliphatic carbocycles. The fraction of sp³-hybridized carbons (Fsp3) is 0.824. The first-order valence-electron chi connectivity index (χ1n) is 35.3. The summed E-state index contributed by atoms with van der Waals surface area (Å²) >= 11 is 0. The zero-order chi connectivity index (χ0) is 57.8. The lowest BCUT2D eigenvalue weighted by Crippen LogP contribution is -2.30. The minimum Gasteiger partial charge on any atom is -0.462 e. The minimum atomic E-state index is -0.767. The quantitative estimate of drug-likeness (QED) is 0.0261. The van der Waals surface area contributed by atoms with Crippen molar-refractivity contribution < 1.29 is 28.6 Å². The molecule has 0 bridgehead atoms. The van der Waals surface area contributed by atoms with Gasteiger partial charge in [0.25, 0.3) is 0 Å². The van der Waals surface area contributed by atoms with Crippen molar-refractivity contribution in [3.05, 3.63) is 60.8 Å². The van der Waals surface area contributed by atoms with Crippen LogP contribution in [0.2, 0.25) is 0 Å². The van der Waals surface area contributed by atoms with Gasteiger partial charge in [-0.25, -0.2) is 0 Å². The summed E-state index contributed by atoms with van der Waals surface area (Å²) in [7, 11) is 0. The van der Waals surface area contributed by atoms with Gasteiger partial charge in [0.05, 0.1) is 0 Å². The molecule has 0 aliphatic rings. The summed E-state index contributed by atoms with van der Waals surface area (Å²) in [5.41, 5.74) is 0. The Bertz CT molecular complexity index is 1430. The Hall–Kier alpha value is -2.89. The second-order valence-corrected chi connectivity index (χ2v) is 23.8. The van der Waals surface area contributed by atoms with E-state index in [0.717, 1.165) is 89.9 Å². The van der Waals surface area contributed by atoms with Crippen LogP contribution < -0.4 is 0 Å². The molecule has 0 fully saturated rings. The van der Waals surface area contributed by atoms with Gasteiger partial charge in [-0.3, -0.25) is 14.4 Å². The summed E-state index contributed by atoms with van der Waals surface area (Å²) in [6.45, 7) is 6.57. The molecular weight excluding hydrogens is 985 g/mol. The zero-order valence-corrected chi connectivity index (χ0v) is 53.6. The average molecular weight is 1120 g/mol. The molecule has 1 atom stereocenters. The zero-order valence-electron chi connectivity index (χ0n) is 53.6. The number of rotatable bonds is 65. The Balaban J connectivity index is 4.04. The third kappa shape index (κ3) is 65.9. The van der Waals surface area contributed by atoms with E-state index in [9.17, 15) is 14.4 Å². The minimum absolute atomic E-state index is 0.0658. The maximum Gasteiger partial charge on any atom is 0.306 e. The number of esters is 3. The van der Waals surface area contributed by atoms with Crippen molar-refractivity contribution in [2.45, 2.75) is 380 Å². The van der Waals surface area contributed by atoms with E-state index < -0.39 is 6.10 Å². The van der Waals surface area contributed by atoms with Crippen LogP contribution in [0.25, 0.3) is 0 Å². The molecule has 6 heteroatoms.